The smallest absolute Gasteiger partial charge is 0.224 e. The van der Waals surface area contributed by atoms with Crippen LogP contribution in [0.1, 0.15) is 5.56 Å². The van der Waals surface area contributed by atoms with Gasteiger partial charge in [0.05, 0.1) is 17.4 Å². The van der Waals surface area contributed by atoms with Crippen molar-refractivity contribution < 1.29 is 4.39 Å². The number of nitrogens with one attached hydrogen (secondary N) is 1. The molecule has 0 aliphatic heterocycles. The Morgan fingerprint density at radius 2 is 2.22 bits per heavy atom. The molecule has 0 aliphatic rings. The van der Waals surface area contributed by atoms with Crippen molar-refractivity contribution in [2.75, 3.05) is 11.1 Å². The van der Waals surface area contributed by atoms with Crippen molar-refractivity contribution in [2.45, 2.75) is 0 Å². The Kier molecular flexibility index (Phi) is 3.26. The predicted octanol–water partition coefficient (Wildman–Crippen LogP) is 2.47. The molecule has 1 heterocycles. The third-order valence-electron chi connectivity index (χ3n) is 2.14. The van der Waals surface area contributed by atoms with Crippen LogP contribution in [0.25, 0.3) is 0 Å². The number of halogens is 2. The van der Waals surface area contributed by atoms with Gasteiger partial charge in [0.25, 0.3) is 0 Å². The second-order valence-electron chi connectivity index (χ2n) is 3.37. The number of rotatable bonds is 2. The van der Waals surface area contributed by atoms with Crippen LogP contribution in [0.5, 0.6) is 0 Å². The summed E-state index contributed by atoms with van der Waals surface area (Å²) < 4.78 is 13.1. The molecule has 1 aromatic heterocycles. The number of nitriles is 1. The van der Waals surface area contributed by atoms with Crippen molar-refractivity contribution in [3.8, 4) is 6.07 Å². The fourth-order valence-corrected chi connectivity index (χ4v) is 1.43. The first kappa shape index (κ1) is 12.1. The summed E-state index contributed by atoms with van der Waals surface area (Å²) in [5.74, 6) is -0.290. The molecule has 2 aromatic rings. The highest BCUT2D eigenvalue weighted by Crippen LogP contribution is 2.22. The number of nitrogens with two attached hydrogens (primary N) is 1. The maximum atomic E-state index is 13.1. The quantitative estimate of drug-likeness (QED) is 0.813. The van der Waals surface area contributed by atoms with Crippen molar-refractivity contribution in [3.05, 3.63) is 41.1 Å². The van der Waals surface area contributed by atoms with Crippen LogP contribution in [0.3, 0.4) is 0 Å². The molecule has 0 spiro atoms. The Balaban J connectivity index is 2.34. The average molecular weight is 264 g/mol. The molecule has 0 radical (unpaired) electrons. The van der Waals surface area contributed by atoms with Gasteiger partial charge in [-0.25, -0.2) is 9.37 Å². The molecule has 18 heavy (non-hydrogen) atoms. The van der Waals surface area contributed by atoms with Crippen LogP contribution in [0.2, 0.25) is 5.28 Å². The van der Waals surface area contributed by atoms with Crippen LogP contribution in [-0.2, 0) is 0 Å². The number of nitrogen functional groups attached to an aromatic ring is 1. The number of hydrogen-bond acceptors (Lipinski definition) is 5. The Morgan fingerprint density at radius 3 is 2.94 bits per heavy atom. The molecule has 3 N–H and O–H groups in total. The second kappa shape index (κ2) is 4.85. The number of hydrogen-bond donors (Lipinski definition) is 2. The molecule has 0 bridgehead atoms. The van der Waals surface area contributed by atoms with E-state index in [1.165, 1.54) is 24.4 Å². The predicted molar refractivity (Wildman–Crippen MR) is 65.9 cm³/mol. The summed E-state index contributed by atoms with van der Waals surface area (Å²) in [5, 5.41) is 11.6. The van der Waals surface area contributed by atoms with E-state index >= 15 is 0 Å². The van der Waals surface area contributed by atoms with Crippen molar-refractivity contribution >= 4 is 28.8 Å². The minimum absolute atomic E-state index is 0.0364. The van der Waals surface area contributed by atoms with Gasteiger partial charge in [0, 0.05) is 5.69 Å². The van der Waals surface area contributed by atoms with E-state index < -0.39 is 5.82 Å². The lowest BCUT2D eigenvalue weighted by Crippen LogP contribution is -2.01. The van der Waals surface area contributed by atoms with Gasteiger partial charge in [0.1, 0.15) is 11.9 Å². The topological polar surface area (TPSA) is 87.6 Å². The van der Waals surface area contributed by atoms with Crippen molar-refractivity contribution in [1.29, 1.82) is 5.26 Å². The first-order chi connectivity index (χ1) is 8.60. The minimum Gasteiger partial charge on any atom is -0.394 e. The van der Waals surface area contributed by atoms with Gasteiger partial charge < -0.3 is 11.1 Å². The van der Waals surface area contributed by atoms with E-state index in [1.54, 1.807) is 6.07 Å². The van der Waals surface area contributed by atoms with Crippen LogP contribution in [0.4, 0.5) is 21.6 Å². The largest absolute Gasteiger partial charge is 0.394 e. The van der Waals surface area contributed by atoms with E-state index in [1.807, 2.05) is 0 Å². The van der Waals surface area contributed by atoms with Crippen molar-refractivity contribution in [2.24, 2.45) is 0 Å². The Bertz CT molecular complexity index is 638. The molecule has 1 aromatic carbocycles. The van der Waals surface area contributed by atoms with Gasteiger partial charge in [-0.3, -0.25) is 0 Å². The van der Waals surface area contributed by atoms with Gasteiger partial charge in [-0.2, -0.15) is 10.2 Å². The first-order valence-corrected chi connectivity index (χ1v) is 5.22. The molecule has 2 rings (SSSR count). The molecule has 5 nitrogen and oxygen atoms in total. The molecule has 0 saturated carbocycles. The number of aromatic nitrogens is 2. The van der Waals surface area contributed by atoms with Gasteiger partial charge in [-0.1, -0.05) is 0 Å². The Labute approximate surface area is 107 Å². The number of benzene rings is 1. The molecule has 0 saturated heterocycles. The highest BCUT2D eigenvalue weighted by Gasteiger charge is 2.06. The summed E-state index contributed by atoms with van der Waals surface area (Å²) >= 11 is 5.64. The maximum Gasteiger partial charge on any atom is 0.224 e. The van der Waals surface area contributed by atoms with Crippen LogP contribution in [-0.4, -0.2) is 9.97 Å². The van der Waals surface area contributed by atoms with E-state index in [-0.39, 0.29) is 10.8 Å². The summed E-state index contributed by atoms with van der Waals surface area (Å²) in [6, 6.07) is 5.74. The molecule has 0 atom stereocenters. The number of nitrogens with zero attached hydrogens (tertiary/aromatic N) is 3. The van der Waals surface area contributed by atoms with E-state index in [9.17, 15) is 4.39 Å². The summed E-state index contributed by atoms with van der Waals surface area (Å²) in [6.07, 6.45) is 1.35. The van der Waals surface area contributed by atoms with Crippen LogP contribution in [0.15, 0.2) is 24.4 Å². The average Bonchev–Trinajstić information content (AvgIpc) is 2.36. The Morgan fingerprint density at radius 1 is 1.44 bits per heavy atom. The lowest BCUT2D eigenvalue weighted by molar-refractivity contribution is 0.624. The third-order valence-corrected chi connectivity index (χ3v) is 2.32. The maximum absolute atomic E-state index is 13.1. The fourth-order valence-electron chi connectivity index (χ4n) is 1.30. The van der Waals surface area contributed by atoms with E-state index in [4.69, 9.17) is 22.6 Å². The van der Waals surface area contributed by atoms with Crippen LogP contribution in [0, 0.1) is 17.1 Å². The minimum atomic E-state index is -0.586. The van der Waals surface area contributed by atoms with Crippen LogP contribution >= 0.6 is 11.6 Å². The summed E-state index contributed by atoms with van der Waals surface area (Å²) in [7, 11) is 0. The molecule has 7 heteroatoms. The summed E-state index contributed by atoms with van der Waals surface area (Å²) in [6.45, 7) is 0. The summed E-state index contributed by atoms with van der Waals surface area (Å²) in [4.78, 5) is 7.59. The molecule has 0 aliphatic carbocycles. The van der Waals surface area contributed by atoms with Crippen molar-refractivity contribution in [1.82, 2.24) is 9.97 Å². The van der Waals surface area contributed by atoms with E-state index in [0.29, 0.717) is 17.2 Å². The first-order valence-electron chi connectivity index (χ1n) is 4.85. The SMILES string of the molecule is N#Cc1cc(Nc2nc(Cl)ncc2N)ccc1F. The zero-order valence-corrected chi connectivity index (χ0v) is 9.74. The normalized spacial score (nSPS) is 9.83. The lowest BCUT2D eigenvalue weighted by Gasteiger charge is -2.08. The van der Waals surface area contributed by atoms with Crippen molar-refractivity contribution in [3.63, 3.8) is 0 Å². The fraction of sp³-hybridized carbons (Fsp3) is 0. The standard InChI is InChI=1S/C11H7ClFN5/c12-11-16-5-9(15)10(18-11)17-7-1-2-8(13)6(3-7)4-14/h1-3,5H,15H2,(H,16,17,18). The van der Waals surface area contributed by atoms with Gasteiger partial charge in [-0.05, 0) is 29.8 Å². The highest BCUT2D eigenvalue weighted by molar-refractivity contribution is 6.28. The van der Waals surface area contributed by atoms with Crippen LogP contribution < -0.4 is 11.1 Å². The molecule has 90 valence electrons. The monoisotopic (exact) mass is 263 g/mol. The van der Waals surface area contributed by atoms with Gasteiger partial charge in [-0.15, -0.1) is 0 Å². The molecule has 0 unspecified atom stereocenters. The molecular formula is C11H7ClFN5. The van der Waals surface area contributed by atoms with Gasteiger partial charge in [0.2, 0.25) is 5.28 Å². The summed E-state index contributed by atoms with van der Waals surface area (Å²) in [5.41, 5.74) is 6.36. The van der Waals surface area contributed by atoms with Gasteiger partial charge >= 0.3 is 0 Å². The van der Waals surface area contributed by atoms with E-state index in [0.717, 1.165) is 0 Å². The molecule has 0 amide bonds. The zero-order chi connectivity index (χ0) is 13.1. The molecular weight excluding hydrogens is 257 g/mol. The van der Waals surface area contributed by atoms with Gasteiger partial charge in [0.15, 0.2) is 5.82 Å². The lowest BCUT2D eigenvalue weighted by atomic mass is 10.2. The number of anilines is 3. The highest BCUT2D eigenvalue weighted by atomic mass is 35.5. The Hall–Kier alpha value is -2.39. The zero-order valence-electron chi connectivity index (χ0n) is 8.98. The third kappa shape index (κ3) is 2.47. The second-order valence-corrected chi connectivity index (χ2v) is 3.71. The van der Waals surface area contributed by atoms with E-state index in [2.05, 4.69) is 15.3 Å². The molecule has 0 fully saturated rings.